The number of ether oxygens (including phenoxy) is 2. The molecule has 1 aromatic carbocycles. The first-order valence-electron chi connectivity index (χ1n) is 10.3. The van der Waals surface area contributed by atoms with Gasteiger partial charge in [-0.3, -0.25) is 24.5 Å². The number of pyridine rings is 1. The molecule has 34 heavy (non-hydrogen) atoms. The van der Waals surface area contributed by atoms with Gasteiger partial charge in [-0.25, -0.2) is 9.18 Å². The highest BCUT2D eigenvalue weighted by molar-refractivity contribution is 6.30. The monoisotopic (exact) mass is 491 g/mol. The van der Waals surface area contributed by atoms with Crippen molar-refractivity contribution in [2.75, 3.05) is 13.2 Å². The minimum atomic E-state index is -1.23. The summed E-state index contributed by atoms with van der Waals surface area (Å²) < 4.78 is 24.2. The number of aliphatic carboxylic acids is 1. The zero-order valence-corrected chi connectivity index (χ0v) is 19.6. The Morgan fingerprint density at radius 2 is 2.00 bits per heavy atom. The summed E-state index contributed by atoms with van der Waals surface area (Å²) in [6, 6.07) is 5.39. The van der Waals surface area contributed by atoms with Crippen molar-refractivity contribution in [3.63, 3.8) is 0 Å². The van der Waals surface area contributed by atoms with Gasteiger partial charge in [0.2, 0.25) is 0 Å². The van der Waals surface area contributed by atoms with Gasteiger partial charge in [0.25, 0.3) is 0 Å². The molecule has 1 aliphatic heterocycles. The molecular formula is C23H23ClFN3O6. The smallest absolute Gasteiger partial charge is 0.411 e. The molecule has 1 N–H and O–H groups in total. The third-order valence-electron chi connectivity index (χ3n) is 4.55. The number of benzene rings is 1. The summed E-state index contributed by atoms with van der Waals surface area (Å²) in [6.45, 7) is 4.07. The molecule has 0 radical (unpaired) electrons. The fourth-order valence-corrected chi connectivity index (χ4v) is 3.28. The molecule has 0 aliphatic carbocycles. The SMILES string of the molecule is CC(C)(C)OC(=O)N(CC(=O)O)Cc1nccc2c1N=C(COc1ccc(F)c(Cl)c1)CC2=O. The Morgan fingerprint density at radius 1 is 1.26 bits per heavy atom. The van der Waals surface area contributed by atoms with Crippen molar-refractivity contribution in [1.82, 2.24) is 9.88 Å². The highest BCUT2D eigenvalue weighted by Gasteiger charge is 2.28. The molecule has 180 valence electrons. The summed E-state index contributed by atoms with van der Waals surface area (Å²) >= 11 is 5.76. The third kappa shape index (κ3) is 6.50. The van der Waals surface area contributed by atoms with Gasteiger partial charge in [-0.2, -0.15) is 0 Å². The van der Waals surface area contributed by atoms with Crippen LogP contribution >= 0.6 is 11.6 Å². The maximum Gasteiger partial charge on any atom is 0.411 e. The fraction of sp³-hybridized carbons (Fsp3) is 0.348. The van der Waals surface area contributed by atoms with Gasteiger partial charge >= 0.3 is 12.1 Å². The second-order valence-corrected chi connectivity index (χ2v) is 8.93. The van der Waals surface area contributed by atoms with Gasteiger partial charge in [0.05, 0.1) is 35.1 Å². The normalized spacial score (nSPS) is 13.1. The van der Waals surface area contributed by atoms with Crippen LogP contribution in [0.1, 0.15) is 43.2 Å². The molecule has 0 saturated heterocycles. The van der Waals surface area contributed by atoms with Gasteiger partial charge in [-0.15, -0.1) is 0 Å². The summed E-state index contributed by atoms with van der Waals surface area (Å²) in [6.07, 6.45) is 0.561. The van der Waals surface area contributed by atoms with E-state index in [4.69, 9.17) is 21.1 Å². The molecule has 1 aliphatic rings. The molecule has 0 saturated carbocycles. The van der Waals surface area contributed by atoms with Crippen LogP contribution in [0.3, 0.4) is 0 Å². The van der Waals surface area contributed by atoms with E-state index in [1.54, 1.807) is 20.8 Å². The number of ketones is 1. The Kier molecular flexibility index (Phi) is 7.51. The Labute approximate surface area is 200 Å². The van der Waals surface area contributed by atoms with Gasteiger partial charge in [-0.05, 0) is 39.0 Å². The van der Waals surface area contributed by atoms with E-state index in [0.29, 0.717) is 17.0 Å². The highest BCUT2D eigenvalue weighted by Crippen LogP contribution is 2.30. The number of aromatic nitrogens is 1. The molecule has 1 aromatic heterocycles. The van der Waals surface area contributed by atoms with Crippen molar-refractivity contribution in [3.05, 3.63) is 52.6 Å². The Balaban J connectivity index is 1.86. The first kappa shape index (κ1) is 25.1. The molecule has 0 fully saturated rings. The lowest BCUT2D eigenvalue weighted by Gasteiger charge is -2.27. The number of aliphatic imine (C=N–C) groups is 1. The third-order valence-corrected chi connectivity index (χ3v) is 4.84. The van der Waals surface area contributed by atoms with Crippen LogP contribution in [0, 0.1) is 5.82 Å². The van der Waals surface area contributed by atoms with Crippen LogP contribution in [-0.4, -0.2) is 57.3 Å². The first-order valence-corrected chi connectivity index (χ1v) is 10.7. The standard InChI is InChI=1S/C23H23ClFN3O6/c1-23(2,3)34-22(32)28(11-20(30)31)10-18-21-15(6-7-26-18)19(29)8-13(27-21)12-33-14-4-5-17(25)16(24)9-14/h4-7,9H,8,10-12H2,1-3H3,(H,30,31). The second kappa shape index (κ2) is 10.2. The number of Topliss-reactive ketones (excluding diaryl/α,β-unsaturated/α-hetero) is 1. The second-order valence-electron chi connectivity index (χ2n) is 8.53. The quantitative estimate of drug-likeness (QED) is 0.608. The van der Waals surface area contributed by atoms with Crippen LogP contribution in [0.5, 0.6) is 5.75 Å². The molecule has 3 rings (SSSR count). The van der Waals surface area contributed by atoms with E-state index >= 15 is 0 Å². The fourth-order valence-electron chi connectivity index (χ4n) is 3.11. The highest BCUT2D eigenvalue weighted by atomic mass is 35.5. The lowest BCUT2D eigenvalue weighted by molar-refractivity contribution is -0.138. The van der Waals surface area contributed by atoms with Gasteiger partial charge in [0, 0.05) is 17.8 Å². The van der Waals surface area contributed by atoms with Gasteiger partial charge in [0.15, 0.2) is 5.78 Å². The van der Waals surface area contributed by atoms with E-state index in [1.807, 2.05) is 0 Å². The maximum absolute atomic E-state index is 13.3. The number of carboxylic acid groups (broad SMARTS) is 1. The van der Waals surface area contributed by atoms with Crippen LogP contribution < -0.4 is 4.74 Å². The number of nitrogens with zero attached hydrogens (tertiary/aromatic N) is 3. The number of carbonyl (C=O) groups is 3. The summed E-state index contributed by atoms with van der Waals surface area (Å²) in [7, 11) is 0. The van der Waals surface area contributed by atoms with Crippen LogP contribution in [0.15, 0.2) is 35.5 Å². The van der Waals surface area contributed by atoms with Crippen LogP contribution in [0.2, 0.25) is 5.02 Å². The number of rotatable bonds is 7. The van der Waals surface area contributed by atoms with Gasteiger partial charge in [-0.1, -0.05) is 11.6 Å². The Morgan fingerprint density at radius 3 is 2.65 bits per heavy atom. The lowest BCUT2D eigenvalue weighted by Crippen LogP contribution is -2.39. The zero-order valence-electron chi connectivity index (χ0n) is 18.8. The minimum Gasteiger partial charge on any atom is -0.488 e. The van der Waals surface area contributed by atoms with Crippen molar-refractivity contribution in [2.24, 2.45) is 4.99 Å². The molecule has 2 heterocycles. The molecule has 0 atom stereocenters. The number of carbonyl (C=O) groups excluding carboxylic acids is 2. The predicted molar refractivity (Wildman–Crippen MR) is 121 cm³/mol. The summed E-state index contributed by atoms with van der Waals surface area (Å²) in [5.74, 6) is -1.75. The number of carboxylic acids is 1. The average molecular weight is 492 g/mol. The average Bonchev–Trinajstić information content (AvgIpc) is 2.73. The predicted octanol–water partition coefficient (Wildman–Crippen LogP) is 4.43. The van der Waals surface area contributed by atoms with E-state index in [2.05, 4.69) is 9.98 Å². The van der Waals surface area contributed by atoms with E-state index in [1.165, 1.54) is 24.4 Å². The molecular weight excluding hydrogens is 469 g/mol. The number of hydrogen-bond acceptors (Lipinski definition) is 7. The van der Waals surface area contributed by atoms with Crippen LogP contribution in [-0.2, 0) is 16.1 Å². The van der Waals surface area contributed by atoms with E-state index in [-0.39, 0.29) is 41.8 Å². The number of fused-ring (bicyclic) bond motifs is 1. The molecule has 2 aromatic rings. The molecule has 11 heteroatoms. The molecule has 0 spiro atoms. The van der Waals surface area contributed by atoms with Crippen LogP contribution in [0.4, 0.5) is 14.9 Å². The Hall–Kier alpha value is -3.53. The van der Waals surface area contributed by atoms with Crippen molar-refractivity contribution >= 4 is 40.8 Å². The van der Waals surface area contributed by atoms with Gasteiger partial charge in [0.1, 0.15) is 30.3 Å². The first-order chi connectivity index (χ1) is 15.9. The maximum atomic E-state index is 13.3. The number of hydrogen-bond donors (Lipinski definition) is 1. The molecule has 0 unspecified atom stereocenters. The lowest BCUT2D eigenvalue weighted by atomic mass is 10.00. The van der Waals surface area contributed by atoms with Crippen molar-refractivity contribution in [2.45, 2.75) is 39.3 Å². The van der Waals surface area contributed by atoms with E-state index in [0.717, 1.165) is 11.0 Å². The summed E-state index contributed by atoms with van der Waals surface area (Å²) in [4.78, 5) is 46.3. The number of halogens is 2. The summed E-state index contributed by atoms with van der Waals surface area (Å²) in [5.41, 5.74) is 0.319. The van der Waals surface area contributed by atoms with Crippen molar-refractivity contribution < 1.29 is 33.4 Å². The van der Waals surface area contributed by atoms with E-state index in [9.17, 15) is 23.9 Å². The molecule has 1 amide bonds. The molecule has 0 bridgehead atoms. The van der Waals surface area contributed by atoms with Gasteiger partial charge < -0.3 is 14.6 Å². The Bertz CT molecular complexity index is 1160. The van der Waals surface area contributed by atoms with E-state index < -0.39 is 30.0 Å². The van der Waals surface area contributed by atoms with Crippen molar-refractivity contribution in [3.8, 4) is 5.75 Å². The largest absolute Gasteiger partial charge is 0.488 e. The topological polar surface area (TPSA) is 118 Å². The van der Waals surface area contributed by atoms with Crippen LogP contribution in [0.25, 0.3) is 0 Å². The zero-order chi connectivity index (χ0) is 25.0. The summed E-state index contributed by atoms with van der Waals surface area (Å²) in [5, 5.41) is 9.15. The number of amides is 1. The molecule has 9 nitrogen and oxygen atoms in total. The van der Waals surface area contributed by atoms with Crippen molar-refractivity contribution in [1.29, 1.82) is 0 Å². The minimum absolute atomic E-state index is 0.00368.